The minimum absolute atomic E-state index is 0.310. The van der Waals surface area contributed by atoms with Crippen molar-refractivity contribution in [1.82, 2.24) is 0 Å². The van der Waals surface area contributed by atoms with Gasteiger partial charge in [-0.3, -0.25) is 0 Å². The zero-order chi connectivity index (χ0) is 33.3. The number of hydrogen-bond donors (Lipinski definition) is 3. The first-order chi connectivity index (χ1) is 20.4. The Bertz CT molecular complexity index is 1810. The maximum atomic E-state index is 15.0. The van der Waals surface area contributed by atoms with Crippen LogP contribution in [0.4, 0.5) is 65.9 Å². The van der Waals surface area contributed by atoms with Crippen LogP contribution in [0.25, 0.3) is 33.4 Å². The summed E-state index contributed by atoms with van der Waals surface area (Å²) in [5.74, 6) is -47.9. The van der Waals surface area contributed by atoms with Crippen LogP contribution in [0.15, 0.2) is 6.07 Å². The van der Waals surface area contributed by atoms with Gasteiger partial charge in [0.2, 0.25) is 17.5 Å². The molecule has 0 amide bonds. The summed E-state index contributed by atoms with van der Waals surface area (Å²) in [7, 11) is -3.34. The van der Waals surface area contributed by atoms with Crippen LogP contribution in [0.3, 0.4) is 0 Å². The number of rotatable bonds is 5. The molecule has 0 radical (unpaired) electrons. The van der Waals surface area contributed by atoms with Gasteiger partial charge in [-0.2, -0.15) is 0 Å². The zero-order valence-electron chi connectivity index (χ0n) is 20.1. The van der Waals surface area contributed by atoms with Crippen molar-refractivity contribution < 1.29 is 85.7 Å². The quantitative estimate of drug-likeness (QED) is 0.0958. The lowest BCUT2D eigenvalue weighted by Crippen LogP contribution is -2.21. The van der Waals surface area contributed by atoms with Gasteiger partial charge in [0, 0.05) is 16.7 Å². The summed E-state index contributed by atoms with van der Waals surface area (Å²) in [4.78, 5) is 0. The smallest absolute Gasteiger partial charge is 0.511 e. The molecule has 4 rings (SSSR count). The third kappa shape index (κ3) is 4.64. The van der Waals surface area contributed by atoms with Crippen LogP contribution in [0, 0.1) is 87.3 Å². The summed E-state index contributed by atoms with van der Waals surface area (Å²) in [6, 6.07) is -0.310. The Kier molecular flexibility index (Phi) is 8.20. The predicted octanol–water partition coefficient (Wildman–Crippen LogP) is 6.83. The van der Waals surface area contributed by atoms with Gasteiger partial charge in [0.1, 0.15) is 11.5 Å². The SMILES string of the molecule is OB(O)Oc1cc(-c2c(F)c(F)c(F)c(F)c2F)c(O)c(-c2c(F)c(F)c(F)c(F)c2F)c1-c1c(F)c(F)c(F)c(F)c1F. The molecule has 3 N–H and O–H groups in total. The molecule has 0 aliphatic carbocycles. The fourth-order valence-electron chi connectivity index (χ4n) is 4.03. The molecule has 4 aromatic rings. The molecule has 0 bridgehead atoms. The Balaban J connectivity index is 2.42. The molecule has 4 aromatic carbocycles. The number of phenols is 1. The van der Waals surface area contributed by atoms with Crippen molar-refractivity contribution in [3.8, 4) is 44.9 Å². The Hall–Kier alpha value is -4.59. The van der Waals surface area contributed by atoms with Gasteiger partial charge in [-0.1, -0.05) is 0 Å². The number of halogens is 15. The van der Waals surface area contributed by atoms with Crippen LogP contribution in [0.5, 0.6) is 11.5 Å². The average Bonchev–Trinajstić information content (AvgIpc) is 2.97. The first-order valence-corrected chi connectivity index (χ1v) is 10.8. The molecule has 0 saturated carbocycles. The van der Waals surface area contributed by atoms with Crippen molar-refractivity contribution in [2.24, 2.45) is 0 Å². The number of hydrogen-bond acceptors (Lipinski definition) is 4. The molecule has 0 aliphatic heterocycles. The van der Waals surface area contributed by atoms with E-state index in [0.717, 1.165) is 0 Å². The molecule has 0 aliphatic rings. The second-order valence-corrected chi connectivity index (χ2v) is 8.30. The Morgan fingerprint density at radius 2 is 0.659 bits per heavy atom. The highest BCUT2D eigenvalue weighted by Gasteiger charge is 2.39. The largest absolute Gasteiger partial charge is 0.707 e. The summed E-state index contributed by atoms with van der Waals surface area (Å²) in [5, 5.41) is 29.4. The standard InChI is InChI=1S/C24H4BF15O4/c26-9-4(10(27)16(33)21(38)15(9)32)2-1-3(44-25(42)43)5(7-11(28)17(34)22(39)18(35)12(7)29)6(24(2)41)8-13(30)19(36)23(40)20(37)14(8)31/h1,41-43H. The summed E-state index contributed by atoms with van der Waals surface area (Å²) < 4.78 is 219. The molecule has 0 spiro atoms. The van der Waals surface area contributed by atoms with E-state index in [-0.39, 0.29) is 6.07 Å². The van der Waals surface area contributed by atoms with Crippen LogP contribution in [0.1, 0.15) is 0 Å². The van der Waals surface area contributed by atoms with Crippen molar-refractivity contribution in [1.29, 1.82) is 0 Å². The third-order valence-electron chi connectivity index (χ3n) is 5.89. The van der Waals surface area contributed by atoms with Gasteiger partial charge in [-0.05, 0) is 6.07 Å². The second kappa shape index (κ2) is 11.2. The number of phenolic OH excluding ortho intramolecular Hbond substituents is 1. The summed E-state index contributed by atoms with van der Waals surface area (Å²) in [6.07, 6.45) is 0. The topological polar surface area (TPSA) is 69.9 Å². The van der Waals surface area contributed by atoms with Crippen molar-refractivity contribution in [3.63, 3.8) is 0 Å². The van der Waals surface area contributed by atoms with Gasteiger partial charge >= 0.3 is 7.32 Å². The molecule has 20 heteroatoms. The van der Waals surface area contributed by atoms with Gasteiger partial charge in [0.15, 0.2) is 69.8 Å². The highest BCUT2D eigenvalue weighted by atomic mass is 19.2. The fourth-order valence-corrected chi connectivity index (χ4v) is 4.03. The van der Waals surface area contributed by atoms with Gasteiger partial charge in [-0.25, -0.2) is 65.9 Å². The minimum atomic E-state index is -3.34. The van der Waals surface area contributed by atoms with Crippen molar-refractivity contribution in [2.75, 3.05) is 0 Å². The number of benzene rings is 4. The molecular formula is C24H4BF15O4. The highest BCUT2D eigenvalue weighted by molar-refractivity contribution is 6.34. The van der Waals surface area contributed by atoms with Gasteiger partial charge < -0.3 is 19.8 Å². The first kappa shape index (κ1) is 32.3. The maximum Gasteiger partial charge on any atom is 0.707 e. The summed E-state index contributed by atoms with van der Waals surface area (Å²) >= 11 is 0. The lowest BCUT2D eigenvalue weighted by molar-refractivity contribution is 0.288. The van der Waals surface area contributed by atoms with E-state index in [4.69, 9.17) is 0 Å². The lowest BCUT2D eigenvalue weighted by atomic mass is 9.86. The van der Waals surface area contributed by atoms with E-state index in [2.05, 4.69) is 4.65 Å². The second-order valence-electron chi connectivity index (χ2n) is 8.30. The molecule has 0 atom stereocenters. The molecule has 0 heterocycles. The minimum Gasteiger partial charge on any atom is -0.511 e. The van der Waals surface area contributed by atoms with E-state index < -0.39 is 139 Å². The molecule has 0 aromatic heterocycles. The van der Waals surface area contributed by atoms with E-state index in [9.17, 15) is 81.0 Å². The van der Waals surface area contributed by atoms with Gasteiger partial charge in [0.25, 0.3) is 0 Å². The van der Waals surface area contributed by atoms with E-state index in [0.29, 0.717) is 0 Å². The molecule has 0 unspecified atom stereocenters. The van der Waals surface area contributed by atoms with Crippen molar-refractivity contribution in [2.45, 2.75) is 0 Å². The molecule has 0 fully saturated rings. The normalized spacial score (nSPS) is 11.4. The fraction of sp³-hybridized carbons (Fsp3) is 0. The van der Waals surface area contributed by atoms with Gasteiger partial charge in [0.05, 0.1) is 16.7 Å². The van der Waals surface area contributed by atoms with E-state index >= 15 is 0 Å². The molecule has 0 saturated heterocycles. The van der Waals surface area contributed by atoms with Crippen LogP contribution in [-0.4, -0.2) is 22.5 Å². The van der Waals surface area contributed by atoms with E-state index in [1.54, 1.807) is 0 Å². The van der Waals surface area contributed by atoms with Crippen LogP contribution >= 0.6 is 0 Å². The van der Waals surface area contributed by atoms with Crippen molar-refractivity contribution >= 4 is 7.32 Å². The maximum absolute atomic E-state index is 15.0. The molecule has 4 nitrogen and oxygen atoms in total. The average molecular weight is 652 g/mol. The van der Waals surface area contributed by atoms with Crippen molar-refractivity contribution in [3.05, 3.63) is 93.3 Å². The van der Waals surface area contributed by atoms with Crippen LogP contribution in [-0.2, 0) is 0 Å². The third-order valence-corrected chi connectivity index (χ3v) is 5.89. The lowest BCUT2D eigenvalue weighted by Gasteiger charge is -2.23. The monoisotopic (exact) mass is 652 g/mol. The van der Waals surface area contributed by atoms with E-state index in [1.165, 1.54) is 0 Å². The number of aromatic hydroxyl groups is 1. The summed E-state index contributed by atoms with van der Waals surface area (Å²) in [5.41, 5.74) is -13.8. The van der Waals surface area contributed by atoms with Gasteiger partial charge in [-0.15, -0.1) is 0 Å². The molecular weight excluding hydrogens is 648 g/mol. The van der Waals surface area contributed by atoms with Crippen LogP contribution in [0.2, 0.25) is 0 Å². The zero-order valence-corrected chi connectivity index (χ0v) is 20.1. The Morgan fingerprint density at radius 3 is 0.977 bits per heavy atom. The van der Waals surface area contributed by atoms with E-state index in [1.807, 2.05) is 0 Å². The Labute approximate surface area is 232 Å². The summed E-state index contributed by atoms with van der Waals surface area (Å²) in [6.45, 7) is 0. The van der Waals surface area contributed by atoms with Crippen LogP contribution < -0.4 is 4.65 Å². The molecule has 44 heavy (non-hydrogen) atoms. The predicted molar refractivity (Wildman–Crippen MR) is 115 cm³/mol. The molecule has 232 valence electrons. The Morgan fingerprint density at radius 1 is 0.386 bits per heavy atom. The highest BCUT2D eigenvalue weighted by Crippen LogP contribution is 2.54. The first-order valence-electron chi connectivity index (χ1n) is 10.8.